The van der Waals surface area contributed by atoms with Crippen LogP contribution in [-0.4, -0.2) is 40.3 Å². The maximum absolute atomic E-state index is 9.65. The SMILES string of the molecule is OCC(O)C(O)C1Nc2ccccc2N1. The second kappa shape index (κ2) is 4.06. The lowest BCUT2D eigenvalue weighted by Gasteiger charge is -2.22. The van der Waals surface area contributed by atoms with E-state index in [1.165, 1.54) is 0 Å². The molecule has 0 fully saturated rings. The van der Waals surface area contributed by atoms with Crippen molar-refractivity contribution >= 4 is 11.4 Å². The molecule has 0 saturated carbocycles. The van der Waals surface area contributed by atoms with Gasteiger partial charge in [-0.15, -0.1) is 0 Å². The van der Waals surface area contributed by atoms with Crippen molar-refractivity contribution in [2.75, 3.05) is 17.2 Å². The fraction of sp³-hybridized carbons (Fsp3) is 0.400. The molecule has 82 valence electrons. The number of hydrogen-bond acceptors (Lipinski definition) is 5. The van der Waals surface area contributed by atoms with Crippen molar-refractivity contribution in [2.24, 2.45) is 0 Å². The van der Waals surface area contributed by atoms with Gasteiger partial charge in [-0.05, 0) is 12.1 Å². The summed E-state index contributed by atoms with van der Waals surface area (Å²) >= 11 is 0. The Morgan fingerprint density at radius 2 is 1.67 bits per heavy atom. The summed E-state index contributed by atoms with van der Waals surface area (Å²) in [5, 5.41) is 33.7. The first-order chi connectivity index (χ1) is 7.22. The van der Waals surface area contributed by atoms with Crippen molar-refractivity contribution in [3.63, 3.8) is 0 Å². The molecular formula is C10H14N2O3. The summed E-state index contributed by atoms with van der Waals surface area (Å²) in [6, 6.07) is 7.51. The van der Waals surface area contributed by atoms with Gasteiger partial charge < -0.3 is 26.0 Å². The fourth-order valence-electron chi connectivity index (χ4n) is 1.61. The van der Waals surface area contributed by atoms with Crippen LogP contribution < -0.4 is 10.6 Å². The lowest BCUT2D eigenvalue weighted by atomic mass is 10.1. The molecule has 5 N–H and O–H groups in total. The molecule has 5 heteroatoms. The molecule has 2 atom stereocenters. The van der Waals surface area contributed by atoms with Gasteiger partial charge in [0.05, 0.1) is 18.0 Å². The Morgan fingerprint density at radius 3 is 2.13 bits per heavy atom. The number of fused-ring (bicyclic) bond motifs is 1. The van der Waals surface area contributed by atoms with Crippen molar-refractivity contribution in [1.29, 1.82) is 0 Å². The van der Waals surface area contributed by atoms with Gasteiger partial charge in [0.2, 0.25) is 0 Å². The van der Waals surface area contributed by atoms with Gasteiger partial charge in [-0.1, -0.05) is 12.1 Å². The molecule has 2 rings (SSSR count). The van der Waals surface area contributed by atoms with Gasteiger partial charge in [-0.25, -0.2) is 0 Å². The third-order valence-electron chi connectivity index (χ3n) is 2.47. The number of aliphatic hydroxyl groups is 3. The van der Waals surface area contributed by atoms with Crippen LogP contribution >= 0.6 is 0 Å². The molecule has 0 spiro atoms. The summed E-state index contributed by atoms with van der Waals surface area (Å²) in [6.45, 7) is -0.461. The highest BCUT2D eigenvalue weighted by atomic mass is 16.4. The minimum atomic E-state index is -1.15. The van der Waals surface area contributed by atoms with Crippen LogP contribution in [0.4, 0.5) is 11.4 Å². The first kappa shape index (κ1) is 10.2. The van der Waals surface area contributed by atoms with Crippen LogP contribution in [0.15, 0.2) is 24.3 Å². The van der Waals surface area contributed by atoms with Crippen LogP contribution in [0.5, 0.6) is 0 Å². The normalized spacial score (nSPS) is 18.9. The third kappa shape index (κ3) is 1.90. The molecule has 1 heterocycles. The molecule has 1 aliphatic rings. The molecule has 15 heavy (non-hydrogen) atoms. The molecule has 2 unspecified atom stereocenters. The molecule has 0 amide bonds. The summed E-state index contributed by atoms with van der Waals surface area (Å²) in [5.41, 5.74) is 1.76. The number of nitrogens with one attached hydrogen (secondary N) is 2. The van der Waals surface area contributed by atoms with Crippen molar-refractivity contribution < 1.29 is 15.3 Å². The Morgan fingerprint density at radius 1 is 1.13 bits per heavy atom. The van der Waals surface area contributed by atoms with E-state index in [0.717, 1.165) is 11.4 Å². The summed E-state index contributed by atoms with van der Waals surface area (Å²) in [4.78, 5) is 0. The average molecular weight is 210 g/mol. The Balaban J connectivity index is 2.07. The van der Waals surface area contributed by atoms with Gasteiger partial charge in [-0.2, -0.15) is 0 Å². The third-order valence-corrected chi connectivity index (χ3v) is 2.47. The Labute approximate surface area is 87.4 Å². The average Bonchev–Trinajstić information content (AvgIpc) is 2.70. The van der Waals surface area contributed by atoms with E-state index in [4.69, 9.17) is 5.11 Å². The van der Waals surface area contributed by atoms with Crippen molar-refractivity contribution in [3.05, 3.63) is 24.3 Å². The topological polar surface area (TPSA) is 84.8 Å². The van der Waals surface area contributed by atoms with E-state index < -0.39 is 25.0 Å². The van der Waals surface area contributed by atoms with Crippen LogP contribution in [0, 0.1) is 0 Å². The first-order valence-electron chi connectivity index (χ1n) is 4.81. The van der Waals surface area contributed by atoms with Crippen LogP contribution in [0.3, 0.4) is 0 Å². The van der Waals surface area contributed by atoms with Crippen LogP contribution in [0.25, 0.3) is 0 Å². The Kier molecular flexibility index (Phi) is 2.77. The summed E-state index contributed by atoms with van der Waals surface area (Å²) in [5.74, 6) is 0. The zero-order valence-electron chi connectivity index (χ0n) is 8.09. The molecule has 1 aromatic rings. The smallest absolute Gasteiger partial charge is 0.126 e. The summed E-state index contributed by atoms with van der Waals surface area (Å²) in [6.07, 6.45) is -2.67. The predicted molar refractivity (Wildman–Crippen MR) is 56.6 cm³/mol. The monoisotopic (exact) mass is 210 g/mol. The van der Waals surface area contributed by atoms with E-state index in [1.54, 1.807) is 0 Å². The zero-order chi connectivity index (χ0) is 10.8. The van der Waals surface area contributed by atoms with Gasteiger partial charge in [-0.3, -0.25) is 0 Å². The largest absolute Gasteiger partial charge is 0.394 e. The van der Waals surface area contributed by atoms with E-state index >= 15 is 0 Å². The standard InChI is InChI=1S/C10H14N2O3/c13-5-8(14)9(15)10-11-6-3-1-2-4-7(6)12-10/h1-4,8-15H,5H2. The molecule has 0 saturated heterocycles. The highest BCUT2D eigenvalue weighted by Crippen LogP contribution is 2.29. The molecule has 0 aliphatic carbocycles. The molecule has 1 aromatic carbocycles. The Hall–Kier alpha value is -1.30. The molecule has 1 aliphatic heterocycles. The van der Waals surface area contributed by atoms with Gasteiger partial charge in [0.25, 0.3) is 0 Å². The minimum absolute atomic E-state index is 0.461. The highest BCUT2D eigenvalue weighted by molar-refractivity contribution is 5.74. The fourth-order valence-corrected chi connectivity index (χ4v) is 1.61. The lowest BCUT2D eigenvalue weighted by molar-refractivity contribution is -0.0182. The number of para-hydroxylation sites is 2. The molecule has 0 radical (unpaired) electrons. The van der Waals surface area contributed by atoms with Crippen molar-refractivity contribution in [3.8, 4) is 0 Å². The van der Waals surface area contributed by atoms with Gasteiger partial charge >= 0.3 is 0 Å². The second-order valence-corrected chi connectivity index (χ2v) is 3.55. The summed E-state index contributed by atoms with van der Waals surface area (Å²) in [7, 11) is 0. The zero-order valence-corrected chi connectivity index (χ0v) is 8.09. The van der Waals surface area contributed by atoms with Crippen molar-refractivity contribution in [1.82, 2.24) is 0 Å². The quantitative estimate of drug-likeness (QED) is 0.467. The van der Waals surface area contributed by atoms with E-state index in [-0.39, 0.29) is 0 Å². The van der Waals surface area contributed by atoms with Gasteiger partial charge in [0.15, 0.2) is 0 Å². The number of benzene rings is 1. The number of rotatable bonds is 3. The van der Waals surface area contributed by atoms with E-state index in [0.29, 0.717) is 0 Å². The first-order valence-corrected chi connectivity index (χ1v) is 4.81. The van der Waals surface area contributed by atoms with E-state index in [1.807, 2.05) is 24.3 Å². The maximum Gasteiger partial charge on any atom is 0.126 e. The van der Waals surface area contributed by atoms with Crippen LogP contribution in [0.1, 0.15) is 0 Å². The highest BCUT2D eigenvalue weighted by Gasteiger charge is 2.30. The van der Waals surface area contributed by atoms with E-state index in [2.05, 4.69) is 10.6 Å². The van der Waals surface area contributed by atoms with Crippen molar-refractivity contribution in [2.45, 2.75) is 18.4 Å². The van der Waals surface area contributed by atoms with E-state index in [9.17, 15) is 10.2 Å². The number of anilines is 2. The number of hydrogen-bond donors (Lipinski definition) is 5. The summed E-state index contributed by atoms with van der Waals surface area (Å²) < 4.78 is 0. The predicted octanol–water partition coefficient (Wildman–Crippen LogP) is -0.436. The lowest BCUT2D eigenvalue weighted by Crippen LogP contribution is -2.45. The second-order valence-electron chi connectivity index (χ2n) is 3.55. The maximum atomic E-state index is 9.65. The van der Waals surface area contributed by atoms with Crippen LogP contribution in [-0.2, 0) is 0 Å². The molecule has 0 aromatic heterocycles. The van der Waals surface area contributed by atoms with Gasteiger partial charge in [0, 0.05) is 0 Å². The molecule has 0 bridgehead atoms. The Bertz CT molecular complexity index is 320. The molecule has 5 nitrogen and oxygen atoms in total. The minimum Gasteiger partial charge on any atom is -0.394 e. The molecular weight excluding hydrogens is 196 g/mol. The van der Waals surface area contributed by atoms with Crippen LogP contribution in [0.2, 0.25) is 0 Å². The number of aliphatic hydroxyl groups excluding tert-OH is 3. The van der Waals surface area contributed by atoms with Gasteiger partial charge in [0.1, 0.15) is 18.4 Å².